The van der Waals surface area contributed by atoms with Crippen LogP contribution in [0.3, 0.4) is 0 Å². The van der Waals surface area contributed by atoms with Gasteiger partial charge >= 0.3 is 0 Å². The number of hydrogen-bond donors (Lipinski definition) is 2. The van der Waals surface area contributed by atoms with Crippen molar-refractivity contribution in [1.29, 1.82) is 0 Å². The molecule has 6 nitrogen and oxygen atoms in total. The van der Waals surface area contributed by atoms with Crippen molar-refractivity contribution in [3.63, 3.8) is 0 Å². The zero-order chi connectivity index (χ0) is 20.5. The van der Waals surface area contributed by atoms with Gasteiger partial charge in [-0.15, -0.1) is 0 Å². The Labute approximate surface area is 166 Å². The van der Waals surface area contributed by atoms with Gasteiger partial charge in [-0.05, 0) is 54.2 Å². The minimum Gasteiger partial charge on any atom is -0.497 e. The van der Waals surface area contributed by atoms with Gasteiger partial charge in [-0.1, -0.05) is 20.8 Å². The summed E-state index contributed by atoms with van der Waals surface area (Å²) in [4.78, 5) is 16.3. The number of methoxy groups -OCH3 is 1. The maximum absolute atomic E-state index is 13.3. The second-order valence-corrected chi connectivity index (χ2v) is 11.3. The topological polar surface area (TPSA) is 88.3 Å². The van der Waals surface area contributed by atoms with Gasteiger partial charge in [-0.25, -0.2) is 8.42 Å². The summed E-state index contributed by atoms with van der Waals surface area (Å²) >= 11 is 0. The first kappa shape index (κ1) is 19.3. The quantitative estimate of drug-likeness (QED) is 0.816. The number of aromatic amines is 1. The van der Waals surface area contributed by atoms with Crippen molar-refractivity contribution < 1.29 is 17.9 Å². The Bertz CT molecular complexity index is 1060. The van der Waals surface area contributed by atoms with E-state index in [9.17, 15) is 13.2 Å². The lowest BCUT2D eigenvalue weighted by molar-refractivity contribution is 0.0731. The van der Waals surface area contributed by atoms with E-state index in [0.717, 1.165) is 19.1 Å². The molecule has 1 aromatic heterocycles. The van der Waals surface area contributed by atoms with Crippen molar-refractivity contribution in [1.82, 2.24) is 10.3 Å². The molecule has 2 unspecified atom stereocenters. The predicted molar refractivity (Wildman–Crippen MR) is 108 cm³/mol. The summed E-state index contributed by atoms with van der Waals surface area (Å²) in [6.45, 7) is 6.65. The summed E-state index contributed by atoms with van der Waals surface area (Å²) in [5.74, 6) is 0.775. The number of amides is 1. The van der Waals surface area contributed by atoms with Crippen LogP contribution in [0.15, 0.2) is 23.1 Å². The number of sulfone groups is 1. The molecule has 28 heavy (non-hydrogen) atoms. The molecule has 1 heterocycles. The number of hydrogen-bond acceptors (Lipinski definition) is 4. The van der Waals surface area contributed by atoms with Crippen molar-refractivity contribution in [2.75, 3.05) is 13.4 Å². The number of rotatable bonds is 4. The van der Waals surface area contributed by atoms with Crippen LogP contribution in [0.4, 0.5) is 0 Å². The van der Waals surface area contributed by atoms with Gasteiger partial charge < -0.3 is 15.0 Å². The Kier molecular flexibility index (Phi) is 4.13. The molecule has 2 saturated carbocycles. The lowest BCUT2D eigenvalue weighted by atomic mass is 9.68. The van der Waals surface area contributed by atoms with Crippen LogP contribution in [0.5, 0.6) is 5.75 Å². The first-order valence-electron chi connectivity index (χ1n) is 9.68. The van der Waals surface area contributed by atoms with Crippen molar-refractivity contribution in [3.05, 3.63) is 23.9 Å². The summed E-state index contributed by atoms with van der Waals surface area (Å²) in [5, 5.41) is 3.67. The summed E-state index contributed by atoms with van der Waals surface area (Å²) in [6, 6.07) is 5.15. The lowest BCUT2D eigenvalue weighted by Crippen LogP contribution is -2.52. The molecule has 0 radical (unpaired) electrons. The molecule has 7 heteroatoms. The molecule has 1 amide bonds. The molecule has 0 saturated heterocycles. The Morgan fingerprint density at radius 3 is 2.57 bits per heavy atom. The molecule has 0 spiro atoms. The first-order valence-corrected chi connectivity index (χ1v) is 11.6. The summed E-state index contributed by atoms with van der Waals surface area (Å²) < 4.78 is 30.3. The molecule has 2 aliphatic carbocycles. The van der Waals surface area contributed by atoms with Crippen LogP contribution in [0.25, 0.3) is 10.9 Å². The maximum atomic E-state index is 13.3. The molecule has 0 aliphatic heterocycles. The van der Waals surface area contributed by atoms with Crippen molar-refractivity contribution >= 4 is 26.6 Å². The Hall–Kier alpha value is -2.02. The number of fused-ring (bicyclic) bond motifs is 3. The molecule has 2 bridgehead atoms. The number of carbonyl (C=O) groups is 1. The molecule has 2 aromatic rings. The van der Waals surface area contributed by atoms with Crippen LogP contribution in [0.1, 0.15) is 50.5 Å². The third-order valence-corrected chi connectivity index (χ3v) is 8.27. The van der Waals surface area contributed by atoms with E-state index in [-0.39, 0.29) is 33.4 Å². The third-order valence-electron chi connectivity index (χ3n) is 7.10. The summed E-state index contributed by atoms with van der Waals surface area (Å²) in [7, 11) is -2.10. The second-order valence-electron chi connectivity index (χ2n) is 9.33. The van der Waals surface area contributed by atoms with Crippen molar-refractivity contribution in [2.45, 2.75) is 51.0 Å². The molecule has 3 atom stereocenters. The van der Waals surface area contributed by atoms with Gasteiger partial charge in [0, 0.05) is 23.2 Å². The number of carbonyl (C=O) groups excluding carboxylic acids is 1. The lowest BCUT2D eigenvalue weighted by Gasteiger charge is -2.43. The molecule has 2 aliphatic rings. The van der Waals surface area contributed by atoms with Gasteiger partial charge in [-0.2, -0.15) is 0 Å². The zero-order valence-corrected chi connectivity index (χ0v) is 17.9. The van der Waals surface area contributed by atoms with Crippen molar-refractivity contribution in [2.24, 2.45) is 16.7 Å². The Morgan fingerprint density at radius 1 is 1.29 bits per heavy atom. The fourth-order valence-electron chi connectivity index (χ4n) is 5.68. The predicted octanol–water partition coefficient (Wildman–Crippen LogP) is 3.52. The van der Waals surface area contributed by atoms with E-state index in [4.69, 9.17) is 4.74 Å². The highest BCUT2D eigenvalue weighted by Gasteiger charge is 2.59. The minimum absolute atomic E-state index is 0.0108. The molecule has 2 N–H and O–H groups in total. The van der Waals surface area contributed by atoms with Gasteiger partial charge in [0.15, 0.2) is 9.84 Å². The third kappa shape index (κ3) is 2.74. The van der Waals surface area contributed by atoms with Crippen LogP contribution in [0.2, 0.25) is 0 Å². The van der Waals surface area contributed by atoms with Crippen LogP contribution in [-0.4, -0.2) is 38.7 Å². The maximum Gasteiger partial charge on any atom is 0.269 e. The average molecular weight is 405 g/mol. The SMILES string of the molecule is COc1ccc2[nH]c(C(=O)NC3C(C)(C)C4CC[C@@]3(C)C4)c(S(C)(=O)=O)c2c1. The van der Waals surface area contributed by atoms with Crippen LogP contribution < -0.4 is 10.1 Å². The van der Waals surface area contributed by atoms with E-state index in [1.54, 1.807) is 18.2 Å². The van der Waals surface area contributed by atoms with E-state index in [1.807, 2.05) is 0 Å². The number of ether oxygens (including phenoxy) is 1. The monoisotopic (exact) mass is 404 g/mol. The second kappa shape index (κ2) is 5.99. The molecule has 4 rings (SSSR count). The Balaban J connectivity index is 1.78. The number of benzene rings is 1. The number of aromatic nitrogens is 1. The van der Waals surface area contributed by atoms with E-state index in [2.05, 4.69) is 31.1 Å². The van der Waals surface area contributed by atoms with Crippen molar-refractivity contribution in [3.8, 4) is 5.75 Å². The largest absolute Gasteiger partial charge is 0.497 e. The average Bonchev–Trinajstić information content (AvgIpc) is 3.23. The fraction of sp³-hybridized carbons (Fsp3) is 0.571. The van der Waals surface area contributed by atoms with Crippen LogP contribution >= 0.6 is 0 Å². The van der Waals surface area contributed by atoms with Crippen LogP contribution in [-0.2, 0) is 9.84 Å². The fourth-order valence-corrected chi connectivity index (χ4v) is 6.77. The Morgan fingerprint density at radius 2 is 2.00 bits per heavy atom. The van der Waals surface area contributed by atoms with E-state index >= 15 is 0 Å². The summed E-state index contributed by atoms with van der Waals surface area (Å²) in [5.41, 5.74) is 0.755. The number of H-pyrrole nitrogens is 1. The number of nitrogens with one attached hydrogen (secondary N) is 2. The molecular formula is C21H28N2O4S. The highest BCUT2D eigenvalue weighted by atomic mass is 32.2. The summed E-state index contributed by atoms with van der Waals surface area (Å²) in [6.07, 6.45) is 4.52. The van der Waals surface area contributed by atoms with E-state index in [0.29, 0.717) is 22.6 Å². The standard InChI is InChI=1S/C21H28N2O4S/c1-20(2)12-8-9-21(3,11-12)19(20)23-18(24)16-17(28(5,25)26)14-10-13(27-4)6-7-15(14)22-16/h6-7,10,12,19,22H,8-9,11H2,1-5H3,(H,23,24)/t12?,19?,21-/m0/s1. The van der Waals surface area contributed by atoms with Gasteiger partial charge in [0.2, 0.25) is 0 Å². The minimum atomic E-state index is -3.62. The first-order chi connectivity index (χ1) is 13.0. The van der Waals surface area contributed by atoms with Crippen LogP contribution in [0, 0.1) is 16.7 Å². The van der Waals surface area contributed by atoms with Gasteiger partial charge in [-0.3, -0.25) is 4.79 Å². The van der Waals surface area contributed by atoms with E-state index < -0.39 is 9.84 Å². The highest BCUT2D eigenvalue weighted by Crippen LogP contribution is 2.62. The smallest absolute Gasteiger partial charge is 0.269 e. The van der Waals surface area contributed by atoms with E-state index in [1.165, 1.54) is 13.5 Å². The molecule has 2 fully saturated rings. The molecular weight excluding hydrogens is 376 g/mol. The highest BCUT2D eigenvalue weighted by molar-refractivity contribution is 7.91. The van der Waals surface area contributed by atoms with Gasteiger partial charge in [0.1, 0.15) is 16.3 Å². The molecule has 1 aromatic carbocycles. The zero-order valence-electron chi connectivity index (χ0n) is 17.0. The van der Waals surface area contributed by atoms with Gasteiger partial charge in [0.05, 0.1) is 7.11 Å². The molecule has 152 valence electrons. The normalized spacial score (nSPS) is 28.6. The van der Waals surface area contributed by atoms with Gasteiger partial charge in [0.25, 0.3) is 5.91 Å².